The Labute approximate surface area is 150 Å². The molecular weight excluding hydrogens is 358 g/mol. The molecule has 0 saturated carbocycles. The van der Waals surface area contributed by atoms with E-state index in [1.807, 2.05) is 36.4 Å². The number of hydrogen-bond donors (Lipinski definition) is 1. The van der Waals surface area contributed by atoms with E-state index in [0.717, 1.165) is 34.8 Å². The Morgan fingerprint density at radius 1 is 1.00 bits per heavy atom. The van der Waals surface area contributed by atoms with Crippen LogP contribution in [0.1, 0.15) is 12.5 Å². The first-order chi connectivity index (χ1) is 10.6. The third-order valence-corrected chi connectivity index (χ3v) is 4.90. The molecule has 1 aliphatic heterocycles. The van der Waals surface area contributed by atoms with Crippen LogP contribution in [0.2, 0.25) is 10.0 Å². The molecule has 1 fully saturated rings. The van der Waals surface area contributed by atoms with Crippen molar-refractivity contribution >= 4 is 57.4 Å². The number of nitrogens with zero attached hydrogens (tertiary/aromatic N) is 1. The van der Waals surface area contributed by atoms with Crippen molar-refractivity contribution < 1.29 is 4.39 Å². The summed E-state index contributed by atoms with van der Waals surface area (Å²) in [5.41, 5.74) is 2.02. The molecule has 2 nitrogen and oxygen atoms in total. The van der Waals surface area contributed by atoms with Crippen LogP contribution in [0.25, 0.3) is 21.8 Å². The van der Waals surface area contributed by atoms with E-state index in [1.54, 1.807) is 0 Å². The molecule has 0 radical (unpaired) electrons. The maximum Gasteiger partial charge on any atom is 0.133 e. The summed E-state index contributed by atoms with van der Waals surface area (Å²) in [6.07, 6.45) is -0.135. The first-order valence-electron chi connectivity index (χ1n) is 7.38. The molecule has 6 heteroatoms. The summed E-state index contributed by atoms with van der Waals surface area (Å²) in [6.45, 7) is 1.22. The topological polar surface area (TPSA) is 17.0 Å². The predicted octanol–water partition coefficient (Wildman–Crippen LogP) is 5.40. The molecule has 23 heavy (non-hydrogen) atoms. The summed E-state index contributed by atoms with van der Waals surface area (Å²) < 4.78 is 16.6. The number of aromatic nitrogens is 1. The van der Waals surface area contributed by atoms with Gasteiger partial charge in [-0.15, -0.1) is 12.4 Å². The minimum Gasteiger partial charge on any atom is -0.334 e. The second-order valence-electron chi connectivity index (χ2n) is 5.77. The molecule has 3 aromatic rings. The number of rotatable bonds is 1. The fourth-order valence-corrected chi connectivity index (χ4v) is 3.80. The van der Waals surface area contributed by atoms with Crippen LogP contribution in [0.4, 0.5) is 4.39 Å². The monoisotopic (exact) mass is 372 g/mol. The highest BCUT2D eigenvalue weighted by molar-refractivity contribution is 6.33. The molecule has 0 spiro atoms. The van der Waals surface area contributed by atoms with Gasteiger partial charge < -0.3 is 9.88 Å². The van der Waals surface area contributed by atoms with E-state index in [9.17, 15) is 4.39 Å². The number of hydrogen-bond acceptors (Lipinski definition) is 1. The van der Waals surface area contributed by atoms with Gasteiger partial charge in [-0.25, -0.2) is 4.39 Å². The third-order valence-electron chi connectivity index (χ3n) is 4.43. The standard InChI is InChI=1S/C17H15Cl2FN2.ClH/c18-10-1-3-15-12(7-10)13-8-11(19)2-4-16(13)22(15)17-5-6-21-9-14(17)20;/h1-4,7-8,14,17,21H,5-6,9H2;1H/t14-,17-;/m0./s1. The average molecular weight is 374 g/mol. The first kappa shape index (κ1) is 16.8. The molecular formula is C17H16Cl3FN2. The first-order valence-corrected chi connectivity index (χ1v) is 8.14. The van der Waals surface area contributed by atoms with Crippen molar-refractivity contribution in [3.05, 3.63) is 46.4 Å². The average Bonchev–Trinajstić information content (AvgIpc) is 2.81. The highest BCUT2D eigenvalue weighted by Crippen LogP contribution is 2.37. The number of halogens is 4. The number of fused-ring (bicyclic) bond motifs is 3. The van der Waals surface area contributed by atoms with Crippen molar-refractivity contribution in [1.29, 1.82) is 0 Å². The smallest absolute Gasteiger partial charge is 0.133 e. The van der Waals surface area contributed by atoms with Gasteiger partial charge in [-0.05, 0) is 49.4 Å². The second kappa shape index (κ2) is 6.48. The molecule has 0 aliphatic carbocycles. The lowest BCUT2D eigenvalue weighted by molar-refractivity contribution is 0.190. The number of nitrogens with one attached hydrogen (secondary N) is 1. The Morgan fingerprint density at radius 3 is 2.09 bits per heavy atom. The minimum absolute atomic E-state index is 0. The fourth-order valence-electron chi connectivity index (χ4n) is 3.45. The van der Waals surface area contributed by atoms with E-state index in [1.165, 1.54) is 0 Å². The molecule has 1 N–H and O–H groups in total. The SMILES string of the molecule is Cl.F[C@H]1CNCC[C@@H]1n1c2ccc(Cl)cc2c2cc(Cl)ccc21. The molecule has 0 amide bonds. The van der Waals surface area contributed by atoms with Gasteiger partial charge in [0, 0.05) is 38.4 Å². The van der Waals surface area contributed by atoms with Crippen molar-refractivity contribution in [3.8, 4) is 0 Å². The van der Waals surface area contributed by atoms with Crippen LogP contribution in [-0.4, -0.2) is 23.8 Å². The fraction of sp³-hybridized carbons (Fsp3) is 0.294. The molecule has 4 rings (SSSR count). The molecule has 0 bridgehead atoms. The van der Waals surface area contributed by atoms with Gasteiger partial charge in [0.25, 0.3) is 0 Å². The van der Waals surface area contributed by atoms with Crippen LogP contribution in [0.3, 0.4) is 0 Å². The normalized spacial score (nSPS) is 21.5. The highest BCUT2D eigenvalue weighted by Gasteiger charge is 2.28. The Hall–Kier alpha value is -1.00. The van der Waals surface area contributed by atoms with Crippen molar-refractivity contribution in [2.24, 2.45) is 0 Å². The molecule has 1 aromatic heterocycles. The van der Waals surface area contributed by atoms with Crippen molar-refractivity contribution in [2.45, 2.75) is 18.6 Å². The van der Waals surface area contributed by atoms with E-state index >= 15 is 0 Å². The van der Waals surface area contributed by atoms with Crippen LogP contribution in [0.5, 0.6) is 0 Å². The zero-order valence-electron chi connectivity index (χ0n) is 12.2. The maximum atomic E-state index is 14.5. The van der Waals surface area contributed by atoms with Gasteiger partial charge in [0.05, 0.1) is 6.04 Å². The molecule has 2 heterocycles. The van der Waals surface area contributed by atoms with Crippen LogP contribution >= 0.6 is 35.6 Å². The van der Waals surface area contributed by atoms with E-state index < -0.39 is 6.17 Å². The van der Waals surface area contributed by atoms with Gasteiger partial charge in [-0.3, -0.25) is 0 Å². The maximum absolute atomic E-state index is 14.5. The van der Waals surface area contributed by atoms with Gasteiger partial charge in [0.15, 0.2) is 0 Å². The van der Waals surface area contributed by atoms with Gasteiger partial charge in [0.1, 0.15) is 6.17 Å². The van der Waals surface area contributed by atoms with E-state index in [-0.39, 0.29) is 18.4 Å². The van der Waals surface area contributed by atoms with Crippen LogP contribution in [0, 0.1) is 0 Å². The van der Waals surface area contributed by atoms with Gasteiger partial charge in [-0.2, -0.15) is 0 Å². The summed E-state index contributed by atoms with van der Waals surface area (Å²) in [6, 6.07) is 11.4. The number of piperidine rings is 1. The molecule has 2 atom stereocenters. The van der Waals surface area contributed by atoms with Crippen LogP contribution in [-0.2, 0) is 0 Å². The summed E-state index contributed by atoms with van der Waals surface area (Å²) in [5, 5.41) is 6.51. The molecule has 1 aliphatic rings. The molecule has 0 unspecified atom stereocenters. The molecule has 1 saturated heterocycles. The van der Waals surface area contributed by atoms with E-state index in [2.05, 4.69) is 9.88 Å². The predicted molar refractivity (Wildman–Crippen MR) is 98.1 cm³/mol. The lowest BCUT2D eigenvalue weighted by Gasteiger charge is -2.29. The third kappa shape index (κ3) is 2.80. The van der Waals surface area contributed by atoms with Crippen molar-refractivity contribution in [2.75, 3.05) is 13.1 Å². The lowest BCUT2D eigenvalue weighted by Crippen LogP contribution is -2.39. The lowest BCUT2D eigenvalue weighted by atomic mass is 10.0. The Balaban J connectivity index is 0.00000156. The van der Waals surface area contributed by atoms with Crippen molar-refractivity contribution in [3.63, 3.8) is 0 Å². The summed E-state index contributed by atoms with van der Waals surface area (Å²) >= 11 is 12.3. The van der Waals surface area contributed by atoms with Crippen LogP contribution < -0.4 is 5.32 Å². The van der Waals surface area contributed by atoms with Gasteiger partial charge in [0.2, 0.25) is 0 Å². The highest BCUT2D eigenvalue weighted by atomic mass is 35.5. The van der Waals surface area contributed by atoms with Crippen molar-refractivity contribution in [1.82, 2.24) is 9.88 Å². The zero-order chi connectivity index (χ0) is 15.3. The Morgan fingerprint density at radius 2 is 1.57 bits per heavy atom. The molecule has 122 valence electrons. The van der Waals surface area contributed by atoms with Gasteiger partial charge in [-0.1, -0.05) is 23.2 Å². The largest absolute Gasteiger partial charge is 0.334 e. The quantitative estimate of drug-likeness (QED) is 0.604. The minimum atomic E-state index is -0.904. The number of alkyl halides is 1. The van der Waals surface area contributed by atoms with E-state index in [0.29, 0.717) is 16.6 Å². The Kier molecular flexibility index (Phi) is 4.75. The van der Waals surface area contributed by atoms with E-state index in [4.69, 9.17) is 23.2 Å². The number of benzene rings is 2. The summed E-state index contributed by atoms with van der Waals surface area (Å²) in [4.78, 5) is 0. The second-order valence-corrected chi connectivity index (χ2v) is 6.64. The Bertz CT molecular complexity index is 803. The zero-order valence-corrected chi connectivity index (χ0v) is 14.6. The summed E-state index contributed by atoms with van der Waals surface area (Å²) in [7, 11) is 0. The molecule has 2 aromatic carbocycles. The van der Waals surface area contributed by atoms with Crippen LogP contribution in [0.15, 0.2) is 36.4 Å². The summed E-state index contributed by atoms with van der Waals surface area (Å²) in [5.74, 6) is 0. The van der Waals surface area contributed by atoms with Gasteiger partial charge >= 0.3 is 0 Å².